The van der Waals surface area contributed by atoms with Crippen molar-refractivity contribution in [3.05, 3.63) is 64.9 Å². The fraction of sp³-hybridized carbons (Fsp3) is 0.278. The van der Waals surface area contributed by atoms with Gasteiger partial charge in [0.15, 0.2) is 0 Å². The van der Waals surface area contributed by atoms with Gasteiger partial charge in [-0.2, -0.15) is 0 Å². The van der Waals surface area contributed by atoms with Crippen LogP contribution in [0.25, 0.3) is 0 Å². The van der Waals surface area contributed by atoms with Gasteiger partial charge in [-0.15, -0.1) is 11.8 Å². The van der Waals surface area contributed by atoms with Crippen LogP contribution >= 0.6 is 23.4 Å². The first kappa shape index (κ1) is 18.6. The first-order chi connectivity index (χ1) is 11.5. The zero-order valence-electron chi connectivity index (χ0n) is 13.3. The Morgan fingerprint density at radius 3 is 2.75 bits per heavy atom. The standard InChI is InChI=1S/C18H19ClFNO2S/c1-13(10-23-16-5-3-2-4-6-16)21-18(22)12-24-11-14-7-8-15(19)9-17(14)20/h2-9,13H,10-12H2,1H3,(H,21,22). The maximum atomic E-state index is 13.6. The predicted molar refractivity (Wildman–Crippen MR) is 97.1 cm³/mol. The molecule has 0 saturated carbocycles. The number of rotatable bonds is 8. The van der Waals surface area contributed by atoms with Gasteiger partial charge < -0.3 is 10.1 Å². The summed E-state index contributed by atoms with van der Waals surface area (Å²) in [4.78, 5) is 11.9. The second-order valence-corrected chi connectivity index (χ2v) is 6.74. The number of benzene rings is 2. The molecule has 0 heterocycles. The number of para-hydroxylation sites is 1. The van der Waals surface area contributed by atoms with Crippen molar-refractivity contribution in [2.45, 2.75) is 18.7 Å². The van der Waals surface area contributed by atoms with Crippen LogP contribution in [0.4, 0.5) is 4.39 Å². The lowest BCUT2D eigenvalue weighted by atomic mass is 10.2. The molecule has 0 spiro atoms. The van der Waals surface area contributed by atoms with Crippen LogP contribution in [0.5, 0.6) is 5.75 Å². The van der Waals surface area contributed by atoms with Gasteiger partial charge >= 0.3 is 0 Å². The third kappa shape index (κ3) is 6.42. The molecule has 2 aromatic carbocycles. The second-order valence-electron chi connectivity index (χ2n) is 5.32. The van der Waals surface area contributed by atoms with Gasteiger partial charge in [0, 0.05) is 10.8 Å². The Kier molecular flexibility index (Phi) is 7.40. The van der Waals surface area contributed by atoms with E-state index in [0.29, 0.717) is 22.9 Å². The Morgan fingerprint density at radius 2 is 2.04 bits per heavy atom. The Hall–Kier alpha value is -1.72. The molecule has 1 amide bonds. The third-order valence-corrected chi connectivity index (χ3v) is 4.37. The van der Waals surface area contributed by atoms with Gasteiger partial charge in [-0.1, -0.05) is 35.9 Å². The predicted octanol–water partition coefficient (Wildman–Crippen LogP) is 4.30. The first-order valence-electron chi connectivity index (χ1n) is 7.53. The van der Waals surface area contributed by atoms with Crippen molar-refractivity contribution in [3.8, 4) is 5.75 Å². The van der Waals surface area contributed by atoms with Crippen molar-refractivity contribution >= 4 is 29.3 Å². The zero-order chi connectivity index (χ0) is 17.4. The number of hydrogen-bond donors (Lipinski definition) is 1. The van der Waals surface area contributed by atoms with E-state index in [9.17, 15) is 9.18 Å². The fourth-order valence-corrected chi connectivity index (χ4v) is 2.97. The molecular formula is C18H19ClFNO2S. The van der Waals surface area contributed by atoms with Gasteiger partial charge in [-0.3, -0.25) is 4.79 Å². The fourth-order valence-electron chi connectivity index (χ4n) is 1.99. The number of nitrogens with one attached hydrogen (secondary N) is 1. The lowest BCUT2D eigenvalue weighted by molar-refractivity contribution is -0.119. The quantitative estimate of drug-likeness (QED) is 0.756. The molecule has 128 valence electrons. The first-order valence-corrected chi connectivity index (χ1v) is 9.07. The molecule has 2 aromatic rings. The number of carbonyl (C=O) groups is 1. The molecule has 0 bridgehead atoms. The highest BCUT2D eigenvalue weighted by molar-refractivity contribution is 7.99. The molecule has 1 atom stereocenters. The van der Waals surface area contributed by atoms with Gasteiger partial charge in [-0.25, -0.2) is 4.39 Å². The van der Waals surface area contributed by atoms with Crippen molar-refractivity contribution in [2.24, 2.45) is 0 Å². The van der Waals surface area contributed by atoms with E-state index in [4.69, 9.17) is 16.3 Å². The van der Waals surface area contributed by atoms with E-state index < -0.39 is 0 Å². The molecule has 24 heavy (non-hydrogen) atoms. The van der Waals surface area contributed by atoms with Crippen LogP contribution < -0.4 is 10.1 Å². The van der Waals surface area contributed by atoms with E-state index in [-0.39, 0.29) is 23.5 Å². The molecule has 2 rings (SSSR count). The number of ether oxygens (including phenoxy) is 1. The number of thioether (sulfide) groups is 1. The van der Waals surface area contributed by atoms with Crippen LogP contribution in [0, 0.1) is 5.82 Å². The highest BCUT2D eigenvalue weighted by Crippen LogP contribution is 2.19. The average Bonchev–Trinajstić information content (AvgIpc) is 2.56. The molecule has 0 aliphatic heterocycles. The van der Waals surface area contributed by atoms with Crippen LogP contribution in [-0.2, 0) is 10.5 Å². The minimum Gasteiger partial charge on any atom is -0.491 e. The Balaban J connectivity index is 1.67. The summed E-state index contributed by atoms with van der Waals surface area (Å²) < 4.78 is 19.2. The molecule has 6 heteroatoms. The summed E-state index contributed by atoms with van der Waals surface area (Å²) in [5.74, 6) is 1.01. The van der Waals surface area contributed by atoms with Crippen molar-refractivity contribution in [3.63, 3.8) is 0 Å². The maximum absolute atomic E-state index is 13.6. The van der Waals surface area contributed by atoms with Gasteiger partial charge in [0.05, 0.1) is 11.8 Å². The van der Waals surface area contributed by atoms with E-state index in [1.807, 2.05) is 37.3 Å². The van der Waals surface area contributed by atoms with Crippen LogP contribution in [0.3, 0.4) is 0 Å². The molecule has 0 aliphatic carbocycles. The van der Waals surface area contributed by atoms with Gasteiger partial charge in [0.25, 0.3) is 0 Å². The molecule has 0 fully saturated rings. The van der Waals surface area contributed by atoms with Gasteiger partial charge in [0.2, 0.25) is 5.91 Å². The van der Waals surface area contributed by atoms with Crippen LogP contribution in [0.2, 0.25) is 5.02 Å². The number of carbonyl (C=O) groups excluding carboxylic acids is 1. The minimum atomic E-state index is -0.347. The zero-order valence-corrected chi connectivity index (χ0v) is 14.9. The lowest BCUT2D eigenvalue weighted by Crippen LogP contribution is -2.37. The van der Waals surface area contributed by atoms with Crippen molar-refractivity contribution < 1.29 is 13.9 Å². The number of hydrogen-bond acceptors (Lipinski definition) is 3. The number of halogens is 2. The summed E-state index contributed by atoms with van der Waals surface area (Å²) in [7, 11) is 0. The molecule has 1 N–H and O–H groups in total. The van der Waals surface area contributed by atoms with E-state index in [1.54, 1.807) is 12.1 Å². The Labute approximate surface area is 150 Å². The van der Waals surface area contributed by atoms with Crippen LogP contribution in [0.15, 0.2) is 48.5 Å². The molecule has 3 nitrogen and oxygen atoms in total. The van der Waals surface area contributed by atoms with Gasteiger partial charge in [-0.05, 0) is 36.8 Å². The van der Waals surface area contributed by atoms with E-state index in [2.05, 4.69) is 5.32 Å². The van der Waals surface area contributed by atoms with E-state index >= 15 is 0 Å². The molecule has 0 radical (unpaired) electrons. The summed E-state index contributed by atoms with van der Waals surface area (Å²) in [5, 5.41) is 3.23. The van der Waals surface area contributed by atoms with Crippen molar-refractivity contribution in [1.82, 2.24) is 5.32 Å². The SMILES string of the molecule is CC(COc1ccccc1)NC(=O)CSCc1ccc(Cl)cc1F. The summed E-state index contributed by atoms with van der Waals surface area (Å²) in [6.07, 6.45) is 0. The number of amides is 1. The highest BCUT2D eigenvalue weighted by Gasteiger charge is 2.09. The lowest BCUT2D eigenvalue weighted by Gasteiger charge is -2.15. The maximum Gasteiger partial charge on any atom is 0.230 e. The monoisotopic (exact) mass is 367 g/mol. The summed E-state index contributed by atoms with van der Waals surface area (Å²) in [6, 6.07) is 13.9. The minimum absolute atomic E-state index is 0.0986. The normalized spacial score (nSPS) is 11.8. The van der Waals surface area contributed by atoms with Crippen molar-refractivity contribution in [1.29, 1.82) is 0 Å². The topological polar surface area (TPSA) is 38.3 Å². The van der Waals surface area contributed by atoms with E-state index in [0.717, 1.165) is 5.75 Å². The molecular weight excluding hydrogens is 349 g/mol. The molecule has 1 unspecified atom stereocenters. The molecule has 0 aliphatic rings. The largest absolute Gasteiger partial charge is 0.491 e. The average molecular weight is 368 g/mol. The summed E-state index contributed by atoms with van der Waals surface area (Å²) in [5.41, 5.74) is 0.539. The van der Waals surface area contributed by atoms with Crippen LogP contribution in [-0.4, -0.2) is 24.3 Å². The smallest absolute Gasteiger partial charge is 0.230 e. The molecule has 0 aromatic heterocycles. The second kappa shape index (κ2) is 9.55. The Morgan fingerprint density at radius 1 is 1.29 bits per heavy atom. The highest BCUT2D eigenvalue weighted by atomic mass is 35.5. The molecule has 0 saturated heterocycles. The van der Waals surface area contributed by atoms with Crippen molar-refractivity contribution in [2.75, 3.05) is 12.4 Å². The van der Waals surface area contributed by atoms with Crippen LogP contribution in [0.1, 0.15) is 12.5 Å². The van der Waals surface area contributed by atoms with E-state index in [1.165, 1.54) is 17.8 Å². The third-order valence-electron chi connectivity index (χ3n) is 3.16. The summed E-state index contributed by atoms with van der Waals surface area (Å²) >= 11 is 7.06. The summed E-state index contributed by atoms with van der Waals surface area (Å²) in [6.45, 7) is 2.27. The Bertz CT molecular complexity index is 669. The van der Waals surface area contributed by atoms with Gasteiger partial charge in [0.1, 0.15) is 18.2 Å².